The number of nitrogens with zero attached hydrogens (tertiary/aromatic N) is 1. The Balaban J connectivity index is 2.06. The largest absolute Gasteiger partial charge is 0.457 e. The molecule has 0 bridgehead atoms. The Kier molecular flexibility index (Phi) is 6.85. The van der Waals surface area contributed by atoms with E-state index in [1.165, 1.54) is 0 Å². The van der Waals surface area contributed by atoms with Crippen molar-refractivity contribution >= 4 is 6.09 Å². The first-order valence-electron chi connectivity index (χ1n) is 8.35. The molecule has 0 radical (unpaired) electrons. The number of benzene rings is 2. The van der Waals surface area contributed by atoms with Gasteiger partial charge in [0.2, 0.25) is 6.10 Å². The molecule has 2 rings (SSSR count). The van der Waals surface area contributed by atoms with Crippen LogP contribution in [-0.4, -0.2) is 12.1 Å². The van der Waals surface area contributed by atoms with Crippen molar-refractivity contribution in [2.24, 2.45) is 0 Å². The molecule has 0 fully saturated rings. The second-order valence-corrected chi connectivity index (χ2v) is 5.56. The van der Waals surface area contributed by atoms with Crippen molar-refractivity contribution in [3.63, 3.8) is 0 Å². The van der Waals surface area contributed by atoms with Crippen LogP contribution in [0.25, 0.3) is 0 Å². The Morgan fingerprint density at radius 3 is 2.40 bits per heavy atom. The molecule has 1 N–H and O–H groups in total. The summed E-state index contributed by atoms with van der Waals surface area (Å²) in [6.45, 7) is 3.97. The second-order valence-electron chi connectivity index (χ2n) is 5.56. The van der Waals surface area contributed by atoms with Crippen LogP contribution < -0.4 is 10.1 Å². The number of amides is 1. The maximum atomic E-state index is 12.0. The lowest BCUT2D eigenvalue weighted by Gasteiger charge is -2.17. The molecule has 0 aliphatic heterocycles. The third-order valence-corrected chi connectivity index (χ3v) is 3.79. The molecule has 0 saturated heterocycles. The van der Waals surface area contributed by atoms with E-state index >= 15 is 0 Å². The number of carbonyl (C=O) groups excluding carboxylic acids is 1. The van der Waals surface area contributed by atoms with Crippen LogP contribution in [0.5, 0.6) is 11.5 Å². The molecule has 0 aromatic heterocycles. The van der Waals surface area contributed by atoms with Crippen LogP contribution in [0.1, 0.15) is 38.4 Å². The fraction of sp³-hybridized carbons (Fsp3) is 0.300. The smallest absolute Gasteiger partial charge is 0.409 e. The lowest BCUT2D eigenvalue weighted by atomic mass is 10.1. The zero-order chi connectivity index (χ0) is 18.1. The second kappa shape index (κ2) is 9.33. The van der Waals surface area contributed by atoms with Gasteiger partial charge in [-0.1, -0.05) is 44.2 Å². The molecular formula is C20H22N2O3. The molecule has 2 aromatic carbocycles. The summed E-state index contributed by atoms with van der Waals surface area (Å²) in [5.41, 5.74) is 0.565. The highest BCUT2D eigenvalue weighted by atomic mass is 16.6. The Hall–Kier alpha value is -3.00. The molecule has 2 aromatic rings. The Bertz CT molecular complexity index is 721. The summed E-state index contributed by atoms with van der Waals surface area (Å²) in [4.78, 5) is 12.0. The minimum atomic E-state index is -0.992. The normalized spacial score (nSPS) is 11.4. The molecule has 25 heavy (non-hydrogen) atoms. The molecule has 1 atom stereocenters. The van der Waals surface area contributed by atoms with Crippen molar-refractivity contribution in [1.82, 2.24) is 5.32 Å². The summed E-state index contributed by atoms with van der Waals surface area (Å²) in [5.74, 6) is 1.27. The molecule has 130 valence electrons. The lowest BCUT2D eigenvalue weighted by molar-refractivity contribution is 0.118. The van der Waals surface area contributed by atoms with E-state index in [4.69, 9.17) is 9.47 Å². The Morgan fingerprint density at radius 2 is 1.76 bits per heavy atom. The summed E-state index contributed by atoms with van der Waals surface area (Å²) in [6, 6.07) is 18.4. The Labute approximate surface area is 148 Å². The lowest BCUT2D eigenvalue weighted by Crippen LogP contribution is -2.34. The molecule has 0 saturated carbocycles. The number of nitrogens with one attached hydrogen (secondary N) is 1. The first-order valence-corrected chi connectivity index (χ1v) is 8.35. The predicted molar refractivity (Wildman–Crippen MR) is 95.3 cm³/mol. The van der Waals surface area contributed by atoms with Gasteiger partial charge in [-0.05, 0) is 37.1 Å². The average molecular weight is 338 g/mol. The number of carbonyl (C=O) groups is 1. The Morgan fingerprint density at radius 1 is 1.08 bits per heavy atom. The summed E-state index contributed by atoms with van der Waals surface area (Å²) in [6.07, 6.45) is 0.0372. The predicted octanol–water partition coefficient (Wildman–Crippen LogP) is 4.96. The zero-order valence-corrected chi connectivity index (χ0v) is 14.4. The molecule has 0 aliphatic rings. The van der Waals surface area contributed by atoms with E-state index in [9.17, 15) is 10.1 Å². The van der Waals surface area contributed by atoms with Crippen molar-refractivity contribution < 1.29 is 14.3 Å². The van der Waals surface area contributed by atoms with Crippen LogP contribution in [0, 0.1) is 11.3 Å². The van der Waals surface area contributed by atoms with Gasteiger partial charge in [0.1, 0.15) is 17.6 Å². The highest BCUT2D eigenvalue weighted by molar-refractivity contribution is 5.68. The van der Waals surface area contributed by atoms with E-state index in [0.717, 1.165) is 12.8 Å². The number of alkyl carbamates (subject to hydrolysis) is 1. The van der Waals surface area contributed by atoms with Crippen LogP contribution >= 0.6 is 0 Å². The van der Waals surface area contributed by atoms with Gasteiger partial charge in [0.15, 0.2) is 0 Å². The monoisotopic (exact) mass is 338 g/mol. The third-order valence-electron chi connectivity index (χ3n) is 3.79. The van der Waals surface area contributed by atoms with Crippen molar-refractivity contribution in [2.45, 2.75) is 38.8 Å². The quantitative estimate of drug-likeness (QED) is 0.774. The molecule has 0 heterocycles. The zero-order valence-electron chi connectivity index (χ0n) is 14.4. The fourth-order valence-corrected chi connectivity index (χ4v) is 2.34. The van der Waals surface area contributed by atoms with Crippen molar-refractivity contribution in [3.05, 3.63) is 60.2 Å². The van der Waals surface area contributed by atoms with Crippen LogP contribution in [0.15, 0.2) is 54.6 Å². The highest BCUT2D eigenvalue weighted by Crippen LogP contribution is 2.25. The fourth-order valence-electron chi connectivity index (χ4n) is 2.34. The molecule has 5 nitrogen and oxygen atoms in total. The van der Waals surface area contributed by atoms with Crippen molar-refractivity contribution in [1.29, 1.82) is 5.26 Å². The minimum absolute atomic E-state index is 0.0413. The van der Waals surface area contributed by atoms with E-state index in [2.05, 4.69) is 5.32 Å². The van der Waals surface area contributed by atoms with E-state index in [-0.39, 0.29) is 6.04 Å². The number of rotatable bonds is 7. The van der Waals surface area contributed by atoms with Crippen molar-refractivity contribution in [2.75, 3.05) is 0 Å². The van der Waals surface area contributed by atoms with Gasteiger partial charge in [0.05, 0.1) is 0 Å². The summed E-state index contributed by atoms with van der Waals surface area (Å²) >= 11 is 0. The first kappa shape index (κ1) is 18.3. The molecular weight excluding hydrogens is 316 g/mol. The highest BCUT2D eigenvalue weighted by Gasteiger charge is 2.18. The van der Waals surface area contributed by atoms with Crippen LogP contribution in [0.4, 0.5) is 4.79 Å². The molecule has 0 aliphatic carbocycles. The number of hydrogen-bond acceptors (Lipinski definition) is 4. The number of hydrogen-bond donors (Lipinski definition) is 1. The number of para-hydroxylation sites is 1. The molecule has 5 heteroatoms. The average Bonchev–Trinajstić information content (AvgIpc) is 2.65. The minimum Gasteiger partial charge on any atom is -0.457 e. The first-order chi connectivity index (χ1) is 12.2. The van der Waals surface area contributed by atoms with E-state index in [1.54, 1.807) is 24.3 Å². The van der Waals surface area contributed by atoms with Gasteiger partial charge in [-0.25, -0.2) is 4.79 Å². The maximum Gasteiger partial charge on any atom is 0.409 e. The van der Waals surface area contributed by atoms with Gasteiger partial charge in [0.25, 0.3) is 0 Å². The van der Waals surface area contributed by atoms with E-state index in [1.807, 2.05) is 50.2 Å². The molecule has 0 spiro atoms. The van der Waals surface area contributed by atoms with Gasteiger partial charge >= 0.3 is 6.09 Å². The van der Waals surface area contributed by atoms with Gasteiger partial charge in [0, 0.05) is 11.6 Å². The summed E-state index contributed by atoms with van der Waals surface area (Å²) < 4.78 is 11.0. The van der Waals surface area contributed by atoms with Crippen LogP contribution in [0.2, 0.25) is 0 Å². The SMILES string of the molecule is CCC(CC)NC(=O)OC(C#N)c1cccc(Oc2ccccc2)c1. The third kappa shape index (κ3) is 5.54. The topological polar surface area (TPSA) is 71.3 Å². The van der Waals surface area contributed by atoms with Gasteiger partial charge in [-0.3, -0.25) is 0 Å². The van der Waals surface area contributed by atoms with E-state index < -0.39 is 12.2 Å². The van der Waals surface area contributed by atoms with Crippen LogP contribution in [0.3, 0.4) is 0 Å². The van der Waals surface area contributed by atoms with Gasteiger partial charge in [-0.15, -0.1) is 0 Å². The maximum absolute atomic E-state index is 12.0. The van der Waals surface area contributed by atoms with E-state index in [0.29, 0.717) is 17.1 Å². The standard InChI is InChI=1S/C20H22N2O3/c1-3-16(4-2)22-20(23)25-19(14-21)15-9-8-12-18(13-15)24-17-10-6-5-7-11-17/h5-13,16,19H,3-4H2,1-2H3,(H,22,23). The van der Waals surface area contributed by atoms with Gasteiger partial charge in [-0.2, -0.15) is 5.26 Å². The van der Waals surface area contributed by atoms with Gasteiger partial charge < -0.3 is 14.8 Å². The number of ether oxygens (including phenoxy) is 2. The molecule has 1 amide bonds. The number of nitriles is 1. The summed E-state index contributed by atoms with van der Waals surface area (Å²) in [7, 11) is 0. The van der Waals surface area contributed by atoms with Crippen LogP contribution in [-0.2, 0) is 4.74 Å². The summed E-state index contributed by atoms with van der Waals surface area (Å²) in [5, 5.41) is 12.1. The van der Waals surface area contributed by atoms with Crippen molar-refractivity contribution in [3.8, 4) is 17.6 Å². The molecule has 1 unspecified atom stereocenters.